The van der Waals surface area contributed by atoms with E-state index in [4.69, 9.17) is 0 Å². The lowest BCUT2D eigenvalue weighted by Crippen LogP contribution is -2.29. The summed E-state index contributed by atoms with van der Waals surface area (Å²) in [5.74, 6) is 0. The van der Waals surface area contributed by atoms with Crippen LogP contribution in [0.25, 0.3) is 0 Å². The van der Waals surface area contributed by atoms with Crippen LogP contribution in [0.3, 0.4) is 0 Å². The Hall–Kier alpha value is -0.0400. The van der Waals surface area contributed by atoms with Gasteiger partial charge in [0.25, 0.3) is 0 Å². The second kappa shape index (κ2) is 12.5. The van der Waals surface area contributed by atoms with Gasteiger partial charge in [-0.15, -0.1) is 0 Å². The summed E-state index contributed by atoms with van der Waals surface area (Å²) >= 11 is 0. The molecule has 0 bridgehead atoms. The number of hydrogen-bond donors (Lipinski definition) is 0. The first kappa shape index (κ1) is 19.0. The largest absolute Gasteiger partial charge is 0.229 e. The molecule has 0 aromatic carbocycles. The second-order valence-corrected chi connectivity index (χ2v) is 7.38. The Morgan fingerprint density at radius 3 is 1.52 bits per heavy atom. The third kappa shape index (κ3) is 10.3. The fourth-order valence-electron chi connectivity index (χ4n) is 3.73. The van der Waals surface area contributed by atoms with Crippen molar-refractivity contribution in [2.45, 2.75) is 128 Å². The predicted molar refractivity (Wildman–Crippen MR) is 92.2 cm³/mol. The van der Waals surface area contributed by atoms with Gasteiger partial charge in [-0.2, -0.15) is 0 Å². The van der Waals surface area contributed by atoms with Crippen molar-refractivity contribution in [3.8, 4) is 0 Å². The molecule has 0 spiro atoms. The molecule has 1 heteroatoms. The highest BCUT2D eigenvalue weighted by atomic mass is 16.3. The fourth-order valence-corrected chi connectivity index (χ4v) is 3.73. The summed E-state index contributed by atoms with van der Waals surface area (Å²) in [7, 11) is 0. The summed E-state index contributed by atoms with van der Waals surface area (Å²) < 4.78 is 0. The first-order valence-corrected chi connectivity index (χ1v) is 9.97. The lowest BCUT2D eigenvalue weighted by molar-refractivity contribution is -0.0661. The molecular weight excluding hydrogens is 256 g/mol. The van der Waals surface area contributed by atoms with Gasteiger partial charge < -0.3 is 0 Å². The molecule has 0 unspecified atom stereocenters. The van der Waals surface area contributed by atoms with E-state index >= 15 is 0 Å². The van der Waals surface area contributed by atoms with Crippen LogP contribution in [0.5, 0.6) is 0 Å². The molecule has 0 saturated heterocycles. The van der Waals surface area contributed by atoms with Gasteiger partial charge in [-0.3, -0.25) is 0 Å². The van der Waals surface area contributed by atoms with E-state index in [0.717, 1.165) is 19.3 Å². The summed E-state index contributed by atoms with van der Waals surface area (Å²) in [5, 5.41) is 12.4. The second-order valence-electron chi connectivity index (χ2n) is 7.38. The van der Waals surface area contributed by atoms with Crippen LogP contribution in [0, 0.1) is 0 Å². The van der Waals surface area contributed by atoms with Crippen molar-refractivity contribution in [2.24, 2.45) is 0 Å². The van der Waals surface area contributed by atoms with E-state index in [0.29, 0.717) is 0 Å². The number of rotatable bonds is 13. The third-order valence-corrected chi connectivity index (χ3v) is 5.25. The predicted octanol–water partition coefficient (Wildman–Crippen LogP) is 7.21. The molecule has 1 aliphatic rings. The van der Waals surface area contributed by atoms with Crippen LogP contribution in [-0.4, -0.2) is 5.60 Å². The maximum atomic E-state index is 12.4. The maximum absolute atomic E-state index is 12.4. The Balaban J connectivity index is 1.78. The van der Waals surface area contributed by atoms with E-state index in [1.807, 2.05) is 0 Å². The minimum Gasteiger partial charge on any atom is -0.229 e. The molecule has 0 aromatic rings. The molecule has 0 aromatic heterocycles. The zero-order valence-corrected chi connectivity index (χ0v) is 14.6. The summed E-state index contributed by atoms with van der Waals surface area (Å²) in [5.41, 5.74) is -0.531. The van der Waals surface area contributed by atoms with Gasteiger partial charge in [0.2, 0.25) is 0 Å². The molecule has 1 rings (SSSR count). The fraction of sp³-hybridized carbons (Fsp3) is 1.00. The van der Waals surface area contributed by atoms with Gasteiger partial charge in [0.05, 0.1) is 0 Å². The van der Waals surface area contributed by atoms with Gasteiger partial charge in [0, 0.05) is 0 Å². The van der Waals surface area contributed by atoms with Crippen molar-refractivity contribution < 1.29 is 5.11 Å². The third-order valence-electron chi connectivity index (χ3n) is 5.25. The molecule has 1 radical (unpaired) electrons. The van der Waals surface area contributed by atoms with Crippen LogP contribution in [0.2, 0.25) is 0 Å². The molecule has 0 atom stereocenters. The zero-order valence-electron chi connectivity index (χ0n) is 14.6. The van der Waals surface area contributed by atoms with E-state index in [1.54, 1.807) is 0 Å². The molecular formula is C20H39O. The van der Waals surface area contributed by atoms with Gasteiger partial charge in [0.1, 0.15) is 5.60 Å². The first-order chi connectivity index (χ1) is 10.3. The standard InChI is InChI=1S/C20H39O/c1-2-3-4-5-6-7-8-9-10-11-12-14-17-20(21)18-15-13-16-19-20/h2-19H2,1H3. The highest BCUT2D eigenvalue weighted by Gasteiger charge is 2.30. The molecule has 0 aliphatic heterocycles. The average molecular weight is 296 g/mol. The molecule has 0 heterocycles. The van der Waals surface area contributed by atoms with Crippen LogP contribution in [0.4, 0.5) is 0 Å². The minimum absolute atomic E-state index is 0.531. The Morgan fingerprint density at radius 1 is 0.619 bits per heavy atom. The normalized spacial score (nSPS) is 18.0. The maximum Gasteiger partial charge on any atom is 0.104 e. The monoisotopic (exact) mass is 295 g/mol. The Morgan fingerprint density at radius 2 is 1.05 bits per heavy atom. The van der Waals surface area contributed by atoms with Crippen molar-refractivity contribution in [2.75, 3.05) is 0 Å². The van der Waals surface area contributed by atoms with Crippen LogP contribution in [0.1, 0.15) is 122 Å². The minimum atomic E-state index is -0.531. The SMILES string of the molecule is CCCCCCCCCCCCCCC1([O])CCCCC1. The summed E-state index contributed by atoms with van der Waals surface area (Å²) in [4.78, 5) is 0. The number of unbranched alkanes of at least 4 members (excludes halogenated alkanes) is 11. The molecule has 1 saturated carbocycles. The molecule has 21 heavy (non-hydrogen) atoms. The van der Waals surface area contributed by atoms with Gasteiger partial charge in [-0.25, -0.2) is 5.11 Å². The molecule has 0 N–H and O–H groups in total. The molecule has 1 aliphatic carbocycles. The van der Waals surface area contributed by atoms with Crippen LogP contribution >= 0.6 is 0 Å². The summed E-state index contributed by atoms with van der Waals surface area (Å²) in [6, 6.07) is 0. The molecule has 125 valence electrons. The average Bonchev–Trinajstić information content (AvgIpc) is 2.49. The Kier molecular flexibility index (Phi) is 11.3. The lowest BCUT2D eigenvalue weighted by atomic mass is 9.81. The quantitative estimate of drug-likeness (QED) is 0.320. The first-order valence-electron chi connectivity index (χ1n) is 9.97. The molecule has 0 amide bonds. The Bertz CT molecular complexity index is 218. The van der Waals surface area contributed by atoms with Crippen molar-refractivity contribution in [3.63, 3.8) is 0 Å². The Labute approximate surface area is 133 Å². The van der Waals surface area contributed by atoms with Crippen LogP contribution in [0.15, 0.2) is 0 Å². The van der Waals surface area contributed by atoms with Crippen molar-refractivity contribution in [1.29, 1.82) is 0 Å². The topological polar surface area (TPSA) is 19.9 Å². The van der Waals surface area contributed by atoms with E-state index in [1.165, 1.54) is 96.3 Å². The van der Waals surface area contributed by atoms with Gasteiger partial charge in [-0.1, -0.05) is 103 Å². The van der Waals surface area contributed by atoms with E-state index in [-0.39, 0.29) is 0 Å². The van der Waals surface area contributed by atoms with E-state index < -0.39 is 5.60 Å². The van der Waals surface area contributed by atoms with Crippen molar-refractivity contribution in [3.05, 3.63) is 0 Å². The highest BCUT2D eigenvalue weighted by molar-refractivity contribution is 4.81. The van der Waals surface area contributed by atoms with Crippen molar-refractivity contribution in [1.82, 2.24) is 0 Å². The van der Waals surface area contributed by atoms with E-state index in [9.17, 15) is 5.11 Å². The zero-order chi connectivity index (χ0) is 15.2. The molecule has 1 fully saturated rings. The van der Waals surface area contributed by atoms with Crippen molar-refractivity contribution >= 4 is 0 Å². The van der Waals surface area contributed by atoms with Crippen LogP contribution in [-0.2, 0) is 5.11 Å². The number of hydrogen-bond acceptors (Lipinski definition) is 0. The van der Waals surface area contributed by atoms with E-state index in [2.05, 4.69) is 6.92 Å². The summed E-state index contributed by atoms with van der Waals surface area (Å²) in [6.07, 6.45) is 23.1. The smallest absolute Gasteiger partial charge is 0.104 e. The van der Waals surface area contributed by atoms with Gasteiger partial charge in [0.15, 0.2) is 0 Å². The molecule has 1 nitrogen and oxygen atoms in total. The van der Waals surface area contributed by atoms with Gasteiger partial charge in [-0.05, 0) is 19.3 Å². The highest BCUT2D eigenvalue weighted by Crippen LogP contribution is 2.33. The lowest BCUT2D eigenvalue weighted by Gasteiger charge is -2.29. The summed E-state index contributed by atoms with van der Waals surface area (Å²) in [6.45, 7) is 2.28. The van der Waals surface area contributed by atoms with Gasteiger partial charge >= 0.3 is 0 Å². The van der Waals surface area contributed by atoms with Crippen LogP contribution < -0.4 is 0 Å².